The van der Waals surface area contributed by atoms with Gasteiger partial charge in [0.2, 0.25) is 0 Å². The molecule has 1 fully saturated rings. The van der Waals surface area contributed by atoms with Crippen molar-refractivity contribution < 1.29 is 27.8 Å². The van der Waals surface area contributed by atoms with Crippen molar-refractivity contribution in [2.75, 3.05) is 19.7 Å². The van der Waals surface area contributed by atoms with Crippen molar-refractivity contribution in [3.63, 3.8) is 0 Å². The Kier molecular flexibility index (Phi) is 4.84. The molecular weight excluding hydrogens is 263 g/mol. The molecule has 1 aliphatic rings. The first kappa shape index (κ1) is 16.2. The molecule has 0 aromatic carbocycles. The zero-order valence-corrected chi connectivity index (χ0v) is 11.3. The number of carboxylic acid groups (broad SMARTS) is 1. The lowest BCUT2D eigenvalue weighted by Gasteiger charge is -2.36. The van der Waals surface area contributed by atoms with Gasteiger partial charge in [0.1, 0.15) is 0 Å². The molecule has 0 amide bonds. The summed E-state index contributed by atoms with van der Waals surface area (Å²) in [5.41, 5.74) is -0.978. The second kappa shape index (κ2) is 5.66. The summed E-state index contributed by atoms with van der Waals surface area (Å²) < 4.78 is 43.6. The topological polar surface area (TPSA) is 49.8 Å². The van der Waals surface area contributed by atoms with Gasteiger partial charge >= 0.3 is 12.1 Å². The second-order valence-corrected chi connectivity index (χ2v) is 5.37. The Bertz CT molecular complexity index is 331. The molecule has 7 heteroatoms. The van der Waals surface area contributed by atoms with Gasteiger partial charge in [0, 0.05) is 12.1 Å². The highest BCUT2D eigenvalue weighted by Gasteiger charge is 2.54. The van der Waals surface area contributed by atoms with Crippen LogP contribution in [0.5, 0.6) is 0 Å². The summed E-state index contributed by atoms with van der Waals surface area (Å²) in [5, 5.41) is 8.64. The Morgan fingerprint density at radius 1 is 1.53 bits per heavy atom. The fourth-order valence-corrected chi connectivity index (χ4v) is 2.52. The third-order valence-corrected chi connectivity index (χ3v) is 3.83. The van der Waals surface area contributed by atoms with Crippen molar-refractivity contribution >= 4 is 5.97 Å². The van der Waals surface area contributed by atoms with Crippen LogP contribution < -0.4 is 0 Å². The number of carbonyl (C=O) groups is 1. The highest BCUT2D eigenvalue weighted by atomic mass is 19.4. The quantitative estimate of drug-likeness (QED) is 0.840. The van der Waals surface area contributed by atoms with Crippen molar-refractivity contribution in [2.45, 2.75) is 45.0 Å². The van der Waals surface area contributed by atoms with Crippen LogP contribution in [0.4, 0.5) is 13.2 Å². The lowest BCUT2D eigenvalue weighted by atomic mass is 9.88. The van der Waals surface area contributed by atoms with Crippen LogP contribution >= 0.6 is 0 Å². The molecule has 112 valence electrons. The molecule has 19 heavy (non-hydrogen) atoms. The van der Waals surface area contributed by atoms with E-state index in [0.717, 1.165) is 0 Å². The van der Waals surface area contributed by atoms with Gasteiger partial charge in [-0.15, -0.1) is 0 Å². The summed E-state index contributed by atoms with van der Waals surface area (Å²) in [4.78, 5) is 12.3. The summed E-state index contributed by atoms with van der Waals surface area (Å²) in [7, 11) is 0. The van der Waals surface area contributed by atoms with Crippen LogP contribution in [0.2, 0.25) is 0 Å². The first-order valence-electron chi connectivity index (χ1n) is 6.23. The number of ether oxygens (including phenoxy) is 1. The van der Waals surface area contributed by atoms with Gasteiger partial charge in [-0.2, -0.15) is 13.2 Å². The van der Waals surface area contributed by atoms with Crippen molar-refractivity contribution in [1.82, 2.24) is 4.90 Å². The van der Waals surface area contributed by atoms with Crippen LogP contribution in [0.3, 0.4) is 0 Å². The minimum absolute atomic E-state index is 0.0744. The molecule has 0 bridgehead atoms. The van der Waals surface area contributed by atoms with Crippen LogP contribution in [0.1, 0.15) is 27.2 Å². The lowest BCUT2D eigenvalue weighted by molar-refractivity contribution is -0.192. The molecule has 0 spiro atoms. The maximum atomic E-state index is 12.9. The number of likely N-dealkylation sites (tertiary alicyclic amines) is 1. The maximum Gasteiger partial charge on any atom is 0.393 e. The number of rotatable bonds is 5. The first-order valence-corrected chi connectivity index (χ1v) is 6.23. The van der Waals surface area contributed by atoms with E-state index in [9.17, 15) is 18.0 Å². The maximum absolute atomic E-state index is 12.9. The van der Waals surface area contributed by atoms with E-state index < -0.39 is 29.7 Å². The summed E-state index contributed by atoms with van der Waals surface area (Å²) >= 11 is 0. The Hall–Kier alpha value is -0.820. The number of aliphatic carboxylic acids is 1. The van der Waals surface area contributed by atoms with Crippen LogP contribution in [0.15, 0.2) is 0 Å². The van der Waals surface area contributed by atoms with E-state index >= 15 is 0 Å². The molecule has 0 saturated carbocycles. The van der Waals surface area contributed by atoms with Gasteiger partial charge in [-0.3, -0.25) is 4.90 Å². The predicted molar refractivity (Wildman–Crippen MR) is 62.9 cm³/mol. The first-order chi connectivity index (χ1) is 8.56. The van der Waals surface area contributed by atoms with E-state index in [4.69, 9.17) is 9.84 Å². The van der Waals surface area contributed by atoms with E-state index in [1.165, 1.54) is 6.92 Å². The average Bonchev–Trinajstić information content (AvgIpc) is 2.53. The van der Waals surface area contributed by atoms with Crippen LogP contribution in [0, 0.1) is 5.92 Å². The zero-order chi connectivity index (χ0) is 14.8. The Balaban J connectivity index is 2.51. The largest absolute Gasteiger partial charge is 0.479 e. The minimum Gasteiger partial charge on any atom is -0.479 e. The molecule has 1 aliphatic heterocycles. The highest BCUT2D eigenvalue weighted by Crippen LogP contribution is 2.44. The van der Waals surface area contributed by atoms with Gasteiger partial charge in [-0.25, -0.2) is 4.79 Å². The van der Waals surface area contributed by atoms with E-state index in [0.29, 0.717) is 13.1 Å². The molecule has 4 nitrogen and oxygen atoms in total. The van der Waals surface area contributed by atoms with Gasteiger partial charge in [-0.1, -0.05) is 0 Å². The number of halogens is 3. The van der Waals surface area contributed by atoms with E-state index in [-0.39, 0.29) is 13.0 Å². The van der Waals surface area contributed by atoms with Crippen molar-refractivity contribution in [1.29, 1.82) is 0 Å². The molecule has 0 aromatic rings. The lowest BCUT2D eigenvalue weighted by Crippen LogP contribution is -2.48. The number of alkyl halides is 3. The van der Waals surface area contributed by atoms with E-state index in [1.807, 2.05) is 0 Å². The van der Waals surface area contributed by atoms with Crippen LogP contribution in [-0.2, 0) is 9.53 Å². The van der Waals surface area contributed by atoms with Gasteiger partial charge in [0.15, 0.2) is 6.10 Å². The minimum atomic E-state index is -4.20. The fourth-order valence-electron chi connectivity index (χ4n) is 2.52. The molecular formula is C12H20F3NO3. The second-order valence-electron chi connectivity index (χ2n) is 5.37. The zero-order valence-electron chi connectivity index (χ0n) is 11.3. The number of hydrogen-bond donors (Lipinski definition) is 1. The normalized spacial score (nSPS) is 25.5. The standard InChI is InChI=1S/C12H20F3NO3/c1-8(10(17)18)19-7-6-16-5-4-9(11(16,2)3)12(13,14)15/h8-9H,4-7H2,1-3H3,(H,17,18). The monoisotopic (exact) mass is 283 g/mol. The summed E-state index contributed by atoms with van der Waals surface area (Å²) in [5.74, 6) is -2.43. The highest BCUT2D eigenvalue weighted by molar-refractivity contribution is 5.71. The Morgan fingerprint density at radius 2 is 2.11 bits per heavy atom. The molecule has 1 N–H and O–H groups in total. The molecule has 0 aromatic heterocycles. The summed E-state index contributed by atoms with van der Waals surface area (Å²) in [6.07, 6.45) is -5.07. The van der Waals surface area contributed by atoms with Gasteiger partial charge in [-0.05, 0) is 33.7 Å². The Morgan fingerprint density at radius 3 is 2.53 bits per heavy atom. The number of nitrogens with zero attached hydrogens (tertiary/aromatic N) is 1. The third kappa shape index (κ3) is 3.82. The van der Waals surface area contributed by atoms with Crippen molar-refractivity contribution in [3.8, 4) is 0 Å². The Labute approximate surface area is 110 Å². The van der Waals surface area contributed by atoms with E-state index in [1.54, 1.807) is 18.7 Å². The molecule has 1 heterocycles. The molecule has 1 rings (SSSR count). The summed E-state index contributed by atoms with van der Waals surface area (Å²) in [6.45, 7) is 5.30. The molecule has 0 radical (unpaired) electrons. The SMILES string of the molecule is CC(OCCN1CCC(C(F)(F)F)C1(C)C)C(=O)O. The van der Waals surface area contributed by atoms with Gasteiger partial charge in [0.25, 0.3) is 0 Å². The predicted octanol–water partition coefficient (Wildman–Crippen LogP) is 2.14. The van der Waals surface area contributed by atoms with E-state index in [2.05, 4.69) is 0 Å². The molecule has 2 atom stereocenters. The van der Waals surface area contributed by atoms with Gasteiger partial charge < -0.3 is 9.84 Å². The number of carboxylic acids is 1. The molecule has 0 aliphatic carbocycles. The average molecular weight is 283 g/mol. The van der Waals surface area contributed by atoms with Crippen molar-refractivity contribution in [2.24, 2.45) is 5.92 Å². The number of hydrogen-bond acceptors (Lipinski definition) is 3. The smallest absolute Gasteiger partial charge is 0.393 e. The molecule has 1 saturated heterocycles. The fraction of sp³-hybridized carbons (Fsp3) is 0.917. The summed E-state index contributed by atoms with van der Waals surface area (Å²) in [6, 6.07) is 0. The van der Waals surface area contributed by atoms with Gasteiger partial charge in [0.05, 0.1) is 12.5 Å². The van der Waals surface area contributed by atoms with Crippen LogP contribution in [0.25, 0.3) is 0 Å². The van der Waals surface area contributed by atoms with Crippen LogP contribution in [-0.4, -0.2) is 53.5 Å². The molecule has 2 unspecified atom stereocenters. The third-order valence-electron chi connectivity index (χ3n) is 3.83. The van der Waals surface area contributed by atoms with Crippen molar-refractivity contribution in [3.05, 3.63) is 0 Å².